The third-order valence-corrected chi connectivity index (χ3v) is 5.83. The number of benzene rings is 3. The van der Waals surface area contributed by atoms with Crippen LogP contribution in [0.4, 0.5) is 5.69 Å². The lowest BCUT2D eigenvalue weighted by Gasteiger charge is -2.27. The van der Waals surface area contributed by atoms with Crippen molar-refractivity contribution in [3.05, 3.63) is 76.9 Å². The summed E-state index contributed by atoms with van der Waals surface area (Å²) in [7, 11) is 0. The maximum atomic E-state index is 12.9. The summed E-state index contributed by atoms with van der Waals surface area (Å²) in [4.78, 5) is 39.8. The highest BCUT2D eigenvalue weighted by molar-refractivity contribution is 6.25. The first-order chi connectivity index (χ1) is 14.9. The van der Waals surface area contributed by atoms with Crippen molar-refractivity contribution in [3.63, 3.8) is 0 Å². The van der Waals surface area contributed by atoms with E-state index in [0.29, 0.717) is 23.5 Å². The van der Waals surface area contributed by atoms with Crippen LogP contribution < -0.4 is 5.32 Å². The summed E-state index contributed by atoms with van der Waals surface area (Å²) < 4.78 is 0. The molecule has 0 saturated heterocycles. The molecule has 3 amide bonds. The number of amides is 3. The van der Waals surface area contributed by atoms with E-state index in [1.54, 1.807) is 12.1 Å². The van der Waals surface area contributed by atoms with Crippen LogP contribution in [0.1, 0.15) is 64.4 Å². The summed E-state index contributed by atoms with van der Waals surface area (Å²) in [5.41, 5.74) is 4.05. The summed E-state index contributed by atoms with van der Waals surface area (Å²) >= 11 is 0. The average Bonchev–Trinajstić information content (AvgIpc) is 2.75. The molecule has 3 aromatic carbocycles. The number of carbonyl (C=O) groups excluding carboxylic acids is 3. The molecule has 0 saturated carbocycles. The lowest BCUT2D eigenvalue weighted by Crippen LogP contribution is -2.41. The van der Waals surface area contributed by atoms with Crippen LogP contribution in [0.15, 0.2) is 54.6 Å². The van der Waals surface area contributed by atoms with Crippen LogP contribution in [-0.4, -0.2) is 29.2 Å². The van der Waals surface area contributed by atoms with E-state index in [0.717, 1.165) is 27.6 Å². The van der Waals surface area contributed by atoms with Crippen molar-refractivity contribution in [3.8, 4) is 0 Å². The molecule has 4 rings (SSSR count). The van der Waals surface area contributed by atoms with Gasteiger partial charge in [0.25, 0.3) is 11.8 Å². The molecule has 1 heterocycles. The van der Waals surface area contributed by atoms with Crippen molar-refractivity contribution in [2.45, 2.75) is 39.5 Å². The van der Waals surface area contributed by atoms with E-state index in [9.17, 15) is 14.4 Å². The van der Waals surface area contributed by atoms with E-state index in [2.05, 4.69) is 19.2 Å². The van der Waals surface area contributed by atoms with Crippen LogP contribution in [-0.2, 0) is 4.79 Å². The van der Waals surface area contributed by atoms with Crippen molar-refractivity contribution >= 4 is 34.2 Å². The third kappa shape index (κ3) is 3.83. The van der Waals surface area contributed by atoms with Gasteiger partial charge in [-0.3, -0.25) is 19.3 Å². The number of hydrogen-bond donors (Lipinski definition) is 1. The Morgan fingerprint density at radius 1 is 0.935 bits per heavy atom. The quantitative estimate of drug-likeness (QED) is 0.558. The Hall–Kier alpha value is -3.47. The molecule has 31 heavy (non-hydrogen) atoms. The first kappa shape index (κ1) is 20.8. The molecule has 1 N–H and O–H groups in total. The summed E-state index contributed by atoms with van der Waals surface area (Å²) in [5.74, 6) is -0.413. The van der Waals surface area contributed by atoms with Crippen LogP contribution in [0.3, 0.4) is 0 Å². The predicted molar refractivity (Wildman–Crippen MR) is 122 cm³/mol. The van der Waals surface area contributed by atoms with Crippen molar-refractivity contribution in [1.82, 2.24) is 4.90 Å². The minimum atomic E-state index is -0.296. The Labute approximate surface area is 182 Å². The molecule has 0 fully saturated rings. The van der Waals surface area contributed by atoms with E-state index < -0.39 is 0 Å². The van der Waals surface area contributed by atoms with Crippen LogP contribution in [0.25, 0.3) is 10.8 Å². The minimum absolute atomic E-state index is 0.115. The molecule has 1 aliphatic heterocycles. The van der Waals surface area contributed by atoms with Gasteiger partial charge in [0.2, 0.25) is 5.91 Å². The SMILES string of the molecule is Cc1cccc(C(C)C)c1NC(=O)CCCN1C(=O)c2cccc3cccc(c23)C1=O. The van der Waals surface area contributed by atoms with Crippen molar-refractivity contribution in [2.75, 3.05) is 11.9 Å². The summed E-state index contributed by atoms with van der Waals surface area (Å²) in [6, 6.07) is 17.0. The van der Waals surface area contributed by atoms with Crippen LogP contribution in [0.5, 0.6) is 0 Å². The topological polar surface area (TPSA) is 66.5 Å². The van der Waals surface area contributed by atoms with Gasteiger partial charge in [0.1, 0.15) is 0 Å². The van der Waals surface area contributed by atoms with Gasteiger partial charge in [-0.15, -0.1) is 0 Å². The van der Waals surface area contributed by atoms with E-state index in [-0.39, 0.29) is 30.7 Å². The van der Waals surface area contributed by atoms with Gasteiger partial charge in [0, 0.05) is 35.2 Å². The van der Waals surface area contributed by atoms with E-state index in [1.165, 1.54) is 4.90 Å². The van der Waals surface area contributed by atoms with Crippen LogP contribution in [0.2, 0.25) is 0 Å². The van der Waals surface area contributed by atoms with Crippen molar-refractivity contribution in [1.29, 1.82) is 0 Å². The number of nitrogens with zero attached hydrogens (tertiary/aromatic N) is 1. The lowest BCUT2D eigenvalue weighted by molar-refractivity contribution is -0.116. The molecule has 158 valence electrons. The lowest BCUT2D eigenvalue weighted by atomic mass is 9.94. The molecule has 0 radical (unpaired) electrons. The molecule has 3 aromatic rings. The monoisotopic (exact) mass is 414 g/mol. The van der Waals surface area contributed by atoms with Crippen molar-refractivity contribution < 1.29 is 14.4 Å². The van der Waals surface area contributed by atoms with Gasteiger partial charge in [-0.25, -0.2) is 0 Å². The smallest absolute Gasteiger partial charge is 0.261 e. The molecule has 1 aliphatic rings. The highest BCUT2D eigenvalue weighted by atomic mass is 16.2. The molecule has 0 spiro atoms. The van der Waals surface area contributed by atoms with Gasteiger partial charge < -0.3 is 5.32 Å². The number of nitrogens with one attached hydrogen (secondary N) is 1. The normalized spacial score (nSPS) is 13.2. The predicted octanol–water partition coefficient (Wildman–Crippen LogP) is 5.29. The Morgan fingerprint density at radius 2 is 1.55 bits per heavy atom. The van der Waals surface area contributed by atoms with Gasteiger partial charge in [0.05, 0.1) is 0 Å². The van der Waals surface area contributed by atoms with Gasteiger partial charge in [-0.05, 0) is 47.9 Å². The van der Waals surface area contributed by atoms with Crippen LogP contribution >= 0.6 is 0 Å². The maximum Gasteiger partial charge on any atom is 0.261 e. The Kier molecular flexibility index (Phi) is 5.59. The number of para-hydroxylation sites is 1. The molecule has 0 aliphatic carbocycles. The number of imide groups is 1. The molecule has 5 nitrogen and oxygen atoms in total. The zero-order valence-corrected chi connectivity index (χ0v) is 18.1. The average molecular weight is 415 g/mol. The number of aryl methyl sites for hydroxylation is 1. The Bertz CT molecular complexity index is 1150. The number of hydrogen-bond acceptors (Lipinski definition) is 3. The fraction of sp³-hybridized carbons (Fsp3) is 0.269. The zero-order chi connectivity index (χ0) is 22.1. The molecule has 0 bridgehead atoms. The number of rotatable bonds is 6. The molecule has 5 heteroatoms. The van der Waals surface area contributed by atoms with Gasteiger partial charge >= 0.3 is 0 Å². The Morgan fingerprint density at radius 3 is 2.16 bits per heavy atom. The maximum absolute atomic E-state index is 12.9. The van der Waals surface area contributed by atoms with Crippen LogP contribution in [0, 0.1) is 6.92 Å². The summed E-state index contributed by atoms with van der Waals surface area (Å²) in [6.07, 6.45) is 0.638. The molecule has 0 unspecified atom stereocenters. The van der Waals surface area contributed by atoms with Gasteiger partial charge in [0.15, 0.2) is 0 Å². The molecule has 0 atom stereocenters. The molecular formula is C26H26N2O3. The van der Waals surface area contributed by atoms with Gasteiger partial charge in [-0.1, -0.05) is 56.3 Å². The first-order valence-electron chi connectivity index (χ1n) is 10.7. The minimum Gasteiger partial charge on any atom is -0.326 e. The molecule has 0 aromatic heterocycles. The van der Waals surface area contributed by atoms with Crippen molar-refractivity contribution in [2.24, 2.45) is 0 Å². The second-order valence-electron chi connectivity index (χ2n) is 8.32. The second kappa shape index (κ2) is 8.34. The summed E-state index contributed by atoms with van der Waals surface area (Å²) in [6.45, 7) is 6.37. The highest BCUT2D eigenvalue weighted by Crippen LogP contribution is 2.30. The first-order valence-corrected chi connectivity index (χ1v) is 10.7. The largest absolute Gasteiger partial charge is 0.326 e. The highest BCUT2D eigenvalue weighted by Gasteiger charge is 2.32. The fourth-order valence-corrected chi connectivity index (χ4v) is 4.23. The summed E-state index contributed by atoms with van der Waals surface area (Å²) in [5, 5.41) is 4.63. The van der Waals surface area contributed by atoms with E-state index in [4.69, 9.17) is 0 Å². The third-order valence-electron chi connectivity index (χ3n) is 5.83. The number of anilines is 1. The standard InChI is InChI=1S/C26H26N2O3/c1-16(2)19-11-4-8-17(3)24(19)27-22(29)14-7-15-28-25(30)20-12-5-9-18-10-6-13-21(23(18)20)26(28)31/h4-6,8-13,16H,7,14-15H2,1-3H3,(H,27,29). The van der Waals surface area contributed by atoms with E-state index in [1.807, 2.05) is 49.4 Å². The Balaban J connectivity index is 1.45. The molecular weight excluding hydrogens is 388 g/mol. The van der Waals surface area contributed by atoms with E-state index >= 15 is 0 Å². The fourth-order valence-electron chi connectivity index (χ4n) is 4.23. The second-order valence-corrected chi connectivity index (χ2v) is 8.32. The zero-order valence-electron chi connectivity index (χ0n) is 18.1. The van der Waals surface area contributed by atoms with Gasteiger partial charge in [-0.2, -0.15) is 0 Å². The number of carbonyl (C=O) groups is 3.